The summed E-state index contributed by atoms with van der Waals surface area (Å²) in [4.78, 5) is 14.8. The minimum absolute atomic E-state index is 0.217. The Kier molecular flexibility index (Phi) is 4.67. The summed E-state index contributed by atoms with van der Waals surface area (Å²) in [5.41, 5.74) is 1.11. The van der Waals surface area contributed by atoms with Crippen molar-refractivity contribution in [3.05, 3.63) is 11.9 Å². The molecular formula is C24H37N3O. The molecule has 4 heteroatoms. The first-order chi connectivity index (χ1) is 13.5. The minimum atomic E-state index is 0.217. The van der Waals surface area contributed by atoms with Gasteiger partial charge in [-0.3, -0.25) is 4.79 Å². The predicted molar refractivity (Wildman–Crippen MR) is 110 cm³/mol. The van der Waals surface area contributed by atoms with Gasteiger partial charge >= 0.3 is 0 Å². The number of ketones is 1. The van der Waals surface area contributed by atoms with E-state index in [2.05, 4.69) is 24.0 Å². The number of nitrogens with zero attached hydrogens (tertiary/aromatic N) is 3. The number of aryl methyl sites for hydroxylation is 1. The van der Waals surface area contributed by atoms with Crippen molar-refractivity contribution < 1.29 is 4.79 Å². The smallest absolute Gasteiger partial charge is 0.159 e. The zero-order chi connectivity index (χ0) is 19.5. The molecule has 0 spiro atoms. The van der Waals surface area contributed by atoms with E-state index in [-0.39, 0.29) is 11.3 Å². The Morgan fingerprint density at radius 2 is 1.93 bits per heavy atom. The van der Waals surface area contributed by atoms with Crippen molar-refractivity contribution in [3.8, 4) is 0 Å². The van der Waals surface area contributed by atoms with Crippen LogP contribution < -0.4 is 0 Å². The molecular weight excluding hydrogens is 346 g/mol. The highest BCUT2D eigenvalue weighted by Crippen LogP contribution is 2.64. The standard InChI is InChI=1S/C24H37N3O/c1-15-4-6-18-17(12-15)5-7-20-19(18)10-11-24(3)21(20)8-9-22(24)23(28)14-27-25-13-16(2)26-27/h13,15,17-22H,4-12,14H2,1-3H3. The molecule has 0 amide bonds. The molecule has 5 rings (SSSR count). The van der Waals surface area contributed by atoms with Crippen LogP contribution in [0.2, 0.25) is 0 Å². The number of fused-ring (bicyclic) bond motifs is 5. The molecule has 0 aromatic carbocycles. The number of carbonyl (C=O) groups is 1. The molecule has 0 N–H and O–H groups in total. The molecule has 4 saturated carbocycles. The Hall–Kier alpha value is -1.19. The monoisotopic (exact) mass is 383 g/mol. The molecule has 4 aliphatic carbocycles. The molecule has 1 heterocycles. The molecule has 154 valence electrons. The molecule has 0 radical (unpaired) electrons. The lowest BCUT2D eigenvalue weighted by atomic mass is 9.49. The van der Waals surface area contributed by atoms with Gasteiger partial charge in [0, 0.05) is 5.92 Å². The van der Waals surface area contributed by atoms with Gasteiger partial charge in [0.05, 0.1) is 11.9 Å². The third kappa shape index (κ3) is 2.97. The van der Waals surface area contributed by atoms with Gasteiger partial charge in [0.25, 0.3) is 0 Å². The van der Waals surface area contributed by atoms with E-state index in [1.165, 1.54) is 51.4 Å². The van der Waals surface area contributed by atoms with Crippen molar-refractivity contribution in [2.45, 2.75) is 85.1 Å². The number of hydrogen-bond donors (Lipinski definition) is 0. The van der Waals surface area contributed by atoms with Crippen molar-refractivity contribution in [2.75, 3.05) is 0 Å². The summed E-state index contributed by atoms with van der Waals surface area (Å²) in [5, 5.41) is 8.61. The highest BCUT2D eigenvalue weighted by Gasteiger charge is 2.58. The Bertz CT molecular complexity index is 742. The van der Waals surface area contributed by atoms with Gasteiger partial charge in [-0.25, -0.2) is 0 Å². The van der Waals surface area contributed by atoms with Crippen LogP contribution in [0.1, 0.15) is 77.3 Å². The second-order valence-electron chi connectivity index (χ2n) is 11.0. The first-order valence-corrected chi connectivity index (χ1v) is 11.8. The average molecular weight is 384 g/mol. The van der Waals surface area contributed by atoms with E-state index in [9.17, 15) is 4.79 Å². The van der Waals surface area contributed by atoms with Crippen LogP contribution in [-0.2, 0) is 11.3 Å². The summed E-state index contributed by atoms with van der Waals surface area (Å²) < 4.78 is 0. The summed E-state index contributed by atoms with van der Waals surface area (Å²) in [7, 11) is 0. The van der Waals surface area contributed by atoms with Crippen molar-refractivity contribution >= 4 is 5.78 Å². The van der Waals surface area contributed by atoms with Crippen LogP contribution in [0.3, 0.4) is 0 Å². The van der Waals surface area contributed by atoms with Gasteiger partial charge in [-0.1, -0.05) is 20.3 Å². The third-order valence-corrected chi connectivity index (χ3v) is 9.55. The van der Waals surface area contributed by atoms with E-state index in [0.29, 0.717) is 12.3 Å². The topological polar surface area (TPSA) is 47.8 Å². The fourth-order valence-electron chi connectivity index (χ4n) is 8.33. The van der Waals surface area contributed by atoms with E-state index < -0.39 is 0 Å². The van der Waals surface area contributed by atoms with Gasteiger partial charge in [-0.05, 0) is 99.2 Å². The van der Waals surface area contributed by atoms with Gasteiger partial charge in [0.15, 0.2) is 5.78 Å². The molecule has 1 aromatic heterocycles. The van der Waals surface area contributed by atoms with Crippen LogP contribution in [-0.4, -0.2) is 20.8 Å². The fraction of sp³-hybridized carbons (Fsp3) is 0.875. The molecule has 1 aromatic rings. The number of Topliss-reactive ketones (excluding diaryl/α,β-unsaturated/α-hetero) is 1. The molecule has 0 aliphatic heterocycles. The van der Waals surface area contributed by atoms with Gasteiger partial charge in [0.1, 0.15) is 6.54 Å². The second-order valence-corrected chi connectivity index (χ2v) is 11.0. The third-order valence-electron chi connectivity index (χ3n) is 9.55. The lowest BCUT2D eigenvalue weighted by Crippen LogP contribution is -2.49. The van der Waals surface area contributed by atoms with Gasteiger partial charge in [-0.2, -0.15) is 15.0 Å². The molecule has 4 nitrogen and oxygen atoms in total. The fourth-order valence-corrected chi connectivity index (χ4v) is 8.33. The Balaban J connectivity index is 1.32. The maximum atomic E-state index is 13.2. The summed E-state index contributed by atoms with van der Waals surface area (Å²) in [6.45, 7) is 7.21. The zero-order valence-electron chi connectivity index (χ0n) is 17.9. The normalized spacial score (nSPS) is 45.2. The summed E-state index contributed by atoms with van der Waals surface area (Å²) in [6, 6.07) is 0. The quantitative estimate of drug-likeness (QED) is 0.733. The Morgan fingerprint density at radius 1 is 1.11 bits per heavy atom. The highest BCUT2D eigenvalue weighted by molar-refractivity contribution is 5.82. The first kappa shape index (κ1) is 18.8. The van der Waals surface area contributed by atoms with Crippen LogP contribution in [0.25, 0.3) is 0 Å². The number of aromatic nitrogens is 3. The Morgan fingerprint density at radius 3 is 2.71 bits per heavy atom. The lowest BCUT2D eigenvalue weighted by Gasteiger charge is -2.56. The molecule has 4 fully saturated rings. The van der Waals surface area contributed by atoms with E-state index in [4.69, 9.17) is 0 Å². The second kappa shape index (κ2) is 6.95. The van der Waals surface area contributed by atoms with Gasteiger partial charge in [-0.15, -0.1) is 0 Å². The van der Waals surface area contributed by atoms with Crippen molar-refractivity contribution in [1.29, 1.82) is 0 Å². The lowest BCUT2D eigenvalue weighted by molar-refractivity contribution is -0.131. The van der Waals surface area contributed by atoms with Crippen LogP contribution >= 0.6 is 0 Å². The average Bonchev–Trinajstić information content (AvgIpc) is 3.23. The minimum Gasteiger partial charge on any atom is -0.297 e. The summed E-state index contributed by atoms with van der Waals surface area (Å²) in [6.07, 6.45) is 14.0. The molecule has 4 aliphatic rings. The van der Waals surface area contributed by atoms with E-state index in [1.54, 1.807) is 11.0 Å². The SMILES string of the molecule is Cc1cnn(CC(=O)C2CCC3C4CCC5CC(C)CCC5C4CCC23C)n1. The maximum absolute atomic E-state index is 13.2. The van der Waals surface area contributed by atoms with Crippen LogP contribution in [0.5, 0.6) is 0 Å². The molecule has 0 saturated heterocycles. The maximum Gasteiger partial charge on any atom is 0.159 e. The van der Waals surface area contributed by atoms with E-state index in [0.717, 1.165) is 47.6 Å². The van der Waals surface area contributed by atoms with E-state index in [1.807, 2.05) is 6.92 Å². The van der Waals surface area contributed by atoms with Crippen LogP contribution in [0, 0.1) is 53.8 Å². The first-order valence-electron chi connectivity index (χ1n) is 11.8. The number of carbonyl (C=O) groups excluding carboxylic acids is 1. The van der Waals surface area contributed by atoms with E-state index >= 15 is 0 Å². The largest absolute Gasteiger partial charge is 0.297 e. The number of rotatable bonds is 3. The summed E-state index contributed by atoms with van der Waals surface area (Å²) in [5.74, 6) is 6.14. The van der Waals surface area contributed by atoms with Crippen molar-refractivity contribution in [3.63, 3.8) is 0 Å². The van der Waals surface area contributed by atoms with Gasteiger partial charge in [0.2, 0.25) is 0 Å². The van der Waals surface area contributed by atoms with Crippen LogP contribution in [0.15, 0.2) is 6.20 Å². The molecule has 0 bridgehead atoms. The number of hydrogen-bond acceptors (Lipinski definition) is 3. The predicted octanol–water partition coefficient (Wildman–Crippen LogP) is 5.06. The Labute approximate surface area is 169 Å². The molecule has 8 unspecified atom stereocenters. The van der Waals surface area contributed by atoms with Crippen molar-refractivity contribution in [2.24, 2.45) is 46.8 Å². The van der Waals surface area contributed by atoms with Crippen molar-refractivity contribution in [1.82, 2.24) is 15.0 Å². The summed E-state index contributed by atoms with van der Waals surface area (Å²) >= 11 is 0. The van der Waals surface area contributed by atoms with Gasteiger partial charge < -0.3 is 0 Å². The molecule has 8 atom stereocenters. The molecule has 28 heavy (non-hydrogen) atoms. The van der Waals surface area contributed by atoms with Crippen LogP contribution in [0.4, 0.5) is 0 Å². The highest BCUT2D eigenvalue weighted by atomic mass is 16.1. The zero-order valence-corrected chi connectivity index (χ0v) is 17.9.